The number of nitrogens with one attached hydrogen (secondary N) is 1. The second-order valence-corrected chi connectivity index (χ2v) is 10.9. The first-order valence-corrected chi connectivity index (χ1v) is 13.7. The van der Waals surface area contributed by atoms with Crippen molar-refractivity contribution in [2.24, 2.45) is 0 Å². The van der Waals surface area contributed by atoms with Gasteiger partial charge in [0.25, 0.3) is 0 Å². The fraction of sp³-hybridized carbons (Fsp3) is 0.440. The van der Waals surface area contributed by atoms with E-state index >= 15 is 0 Å². The van der Waals surface area contributed by atoms with Crippen LogP contribution < -0.4 is 9.62 Å². The number of carbonyl (C=O) groups is 2. The second-order valence-electron chi connectivity index (χ2n) is 8.53. The van der Waals surface area contributed by atoms with E-state index in [1.54, 1.807) is 37.3 Å². The van der Waals surface area contributed by atoms with Gasteiger partial charge < -0.3 is 10.2 Å². The number of rotatable bonds is 12. The summed E-state index contributed by atoms with van der Waals surface area (Å²) in [5, 5.41) is 3.46. The standard InChI is InChI=1S/C25H33ClFN3O4S/c1-5-18(2)28-25(32)19(3)29(17-20-12-14-21(26)15-13-20)24(31)11-8-16-30(35(4,33)34)23-10-7-6-9-22(23)27/h6-7,9-10,12-15,18-19H,5,8,11,16-17H2,1-4H3,(H,28,32)/t18-,19-/m0/s1. The summed E-state index contributed by atoms with van der Waals surface area (Å²) in [6, 6.07) is 11.8. The number of hydrogen-bond acceptors (Lipinski definition) is 4. The van der Waals surface area contributed by atoms with Crippen LogP contribution in [0.3, 0.4) is 0 Å². The maximum Gasteiger partial charge on any atom is 0.242 e. The molecule has 2 amide bonds. The quantitative estimate of drug-likeness (QED) is 0.446. The predicted molar refractivity (Wildman–Crippen MR) is 137 cm³/mol. The number of para-hydroxylation sites is 1. The zero-order valence-electron chi connectivity index (χ0n) is 20.5. The van der Waals surface area contributed by atoms with Gasteiger partial charge in [-0.25, -0.2) is 12.8 Å². The smallest absolute Gasteiger partial charge is 0.242 e. The SMILES string of the molecule is CC[C@H](C)NC(=O)[C@H](C)N(Cc1ccc(Cl)cc1)C(=O)CCCN(c1ccccc1F)S(C)(=O)=O. The van der Waals surface area contributed by atoms with Gasteiger partial charge in [0.05, 0.1) is 11.9 Å². The van der Waals surface area contributed by atoms with E-state index in [0.717, 1.165) is 22.5 Å². The molecule has 0 bridgehead atoms. The molecule has 0 saturated carbocycles. The topological polar surface area (TPSA) is 86.8 Å². The molecular weight excluding hydrogens is 493 g/mol. The Morgan fingerprint density at radius 1 is 1.09 bits per heavy atom. The fourth-order valence-corrected chi connectivity index (χ4v) is 4.56. The van der Waals surface area contributed by atoms with E-state index in [1.807, 2.05) is 13.8 Å². The Labute approximate surface area is 212 Å². The van der Waals surface area contributed by atoms with Crippen LogP contribution in [0.2, 0.25) is 5.02 Å². The second kappa shape index (κ2) is 12.9. The molecule has 0 aliphatic heterocycles. The van der Waals surface area contributed by atoms with Crippen LogP contribution in [0.1, 0.15) is 45.6 Å². The summed E-state index contributed by atoms with van der Waals surface area (Å²) < 4.78 is 39.8. The summed E-state index contributed by atoms with van der Waals surface area (Å²) in [6.07, 6.45) is 1.88. The molecule has 0 aromatic heterocycles. The van der Waals surface area contributed by atoms with Crippen molar-refractivity contribution >= 4 is 39.1 Å². The molecule has 0 heterocycles. The van der Waals surface area contributed by atoms with Crippen molar-refractivity contribution in [1.82, 2.24) is 10.2 Å². The lowest BCUT2D eigenvalue weighted by Crippen LogP contribution is -2.49. The third-order valence-electron chi connectivity index (χ3n) is 5.71. The first-order valence-electron chi connectivity index (χ1n) is 11.5. The summed E-state index contributed by atoms with van der Waals surface area (Å²) in [5.74, 6) is -1.25. The van der Waals surface area contributed by atoms with Crippen molar-refractivity contribution in [2.75, 3.05) is 17.1 Å². The molecule has 192 valence electrons. The van der Waals surface area contributed by atoms with Gasteiger partial charge in [-0.3, -0.25) is 13.9 Å². The zero-order chi connectivity index (χ0) is 26.2. The van der Waals surface area contributed by atoms with Crippen LogP contribution in [-0.4, -0.2) is 50.0 Å². The summed E-state index contributed by atoms with van der Waals surface area (Å²) in [7, 11) is -3.77. The van der Waals surface area contributed by atoms with E-state index < -0.39 is 21.9 Å². The predicted octanol–water partition coefficient (Wildman–Crippen LogP) is 4.36. The Kier molecular flexibility index (Phi) is 10.5. The Hall–Kier alpha value is -2.65. The molecule has 2 aromatic rings. The van der Waals surface area contributed by atoms with Crippen LogP contribution in [0.4, 0.5) is 10.1 Å². The molecule has 2 aromatic carbocycles. The van der Waals surface area contributed by atoms with Crippen LogP contribution >= 0.6 is 11.6 Å². The maximum absolute atomic E-state index is 14.2. The van der Waals surface area contributed by atoms with Crippen molar-refractivity contribution in [2.45, 2.75) is 58.7 Å². The lowest BCUT2D eigenvalue weighted by molar-refractivity contribution is -0.140. The molecule has 2 rings (SSSR count). The Balaban J connectivity index is 2.17. The number of sulfonamides is 1. The highest BCUT2D eigenvalue weighted by atomic mass is 35.5. The number of halogens is 2. The van der Waals surface area contributed by atoms with Gasteiger partial charge in [-0.1, -0.05) is 42.8 Å². The largest absolute Gasteiger partial charge is 0.352 e. The summed E-state index contributed by atoms with van der Waals surface area (Å²) in [6.45, 7) is 5.61. The lowest BCUT2D eigenvalue weighted by Gasteiger charge is -2.30. The van der Waals surface area contributed by atoms with Gasteiger partial charge in [-0.15, -0.1) is 0 Å². The molecule has 10 heteroatoms. The average molecular weight is 526 g/mol. The molecule has 2 atom stereocenters. The van der Waals surface area contributed by atoms with E-state index in [2.05, 4.69) is 5.32 Å². The van der Waals surface area contributed by atoms with Crippen molar-refractivity contribution < 1.29 is 22.4 Å². The molecule has 7 nitrogen and oxygen atoms in total. The summed E-state index contributed by atoms with van der Waals surface area (Å²) in [4.78, 5) is 27.5. The zero-order valence-corrected chi connectivity index (χ0v) is 22.1. The molecule has 0 spiro atoms. The minimum Gasteiger partial charge on any atom is -0.352 e. The lowest BCUT2D eigenvalue weighted by atomic mass is 10.1. The number of benzene rings is 2. The van der Waals surface area contributed by atoms with Crippen LogP contribution in [-0.2, 0) is 26.2 Å². The van der Waals surface area contributed by atoms with Crippen molar-refractivity contribution in [1.29, 1.82) is 0 Å². The molecule has 0 aliphatic carbocycles. The van der Waals surface area contributed by atoms with E-state index in [4.69, 9.17) is 11.6 Å². The summed E-state index contributed by atoms with van der Waals surface area (Å²) in [5.41, 5.74) is 0.733. The Morgan fingerprint density at radius 3 is 2.29 bits per heavy atom. The van der Waals surface area contributed by atoms with Crippen LogP contribution in [0, 0.1) is 5.82 Å². The molecule has 35 heavy (non-hydrogen) atoms. The van der Waals surface area contributed by atoms with Crippen LogP contribution in [0.5, 0.6) is 0 Å². The molecule has 0 radical (unpaired) electrons. The first-order chi connectivity index (χ1) is 16.4. The van der Waals surface area contributed by atoms with E-state index in [1.165, 1.54) is 23.1 Å². The minimum atomic E-state index is -3.77. The average Bonchev–Trinajstić information content (AvgIpc) is 2.80. The molecular formula is C25H33ClFN3O4S. The molecule has 0 unspecified atom stereocenters. The van der Waals surface area contributed by atoms with Gasteiger partial charge in [0.2, 0.25) is 21.8 Å². The summed E-state index contributed by atoms with van der Waals surface area (Å²) >= 11 is 5.97. The monoisotopic (exact) mass is 525 g/mol. The number of hydrogen-bond donors (Lipinski definition) is 1. The van der Waals surface area contributed by atoms with Crippen LogP contribution in [0.25, 0.3) is 0 Å². The first kappa shape index (κ1) is 28.6. The molecule has 0 saturated heterocycles. The highest BCUT2D eigenvalue weighted by Crippen LogP contribution is 2.22. The highest BCUT2D eigenvalue weighted by Gasteiger charge is 2.27. The van der Waals surface area contributed by atoms with Gasteiger partial charge in [0, 0.05) is 30.6 Å². The third kappa shape index (κ3) is 8.50. The maximum atomic E-state index is 14.2. The number of carbonyl (C=O) groups excluding carboxylic acids is 2. The van der Waals surface area contributed by atoms with Crippen molar-refractivity contribution in [3.8, 4) is 0 Å². The van der Waals surface area contributed by atoms with Gasteiger partial charge in [0.1, 0.15) is 11.9 Å². The highest BCUT2D eigenvalue weighted by molar-refractivity contribution is 7.92. The van der Waals surface area contributed by atoms with Crippen molar-refractivity contribution in [3.05, 3.63) is 64.9 Å². The minimum absolute atomic E-state index is 0.0188. The van der Waals surface area contributed by atoms with E-state index in [-0.39, 0.29) is 49.5 Å². The third-order valence-corrected chi connectivity index (χ3v) is 7.14. The van der Waals surface area contributed by atoms with Gasteiger partial charge in [-0.05, 0) is 56.5 Å². The fourth-order valence-electron chi connectivity index (χ4n) is 3.47. The molecule has 0 aliphatic rings. The van der Waals surface area contributed by atoms with Gasteiger partial charge in [-0.2, -0.15) is 0 Å². The molecule has 0 fully saturated rings. The molecule has 1 N–H and O–H groups in total. The number of anilines is 1. The van der Waals surface area contributed by atoms with E-state index in [0.29, 0.717) is 5.02 Å². The Bertz CT molecular complexity index is 1110. The van der Waals surface area contributed by atoms with Crippen LogP contribution in [0.15, 0.2) is 48.5 Å². The Morgan fingerprint density at radius 2 is 1.71 bits per heavy atom. The van der Waals surface area contributed by atoms with E-state index in [9.17, 15) is 22.4 Å². The van der Waals surface area contributed by atoms with Gasteiger partial charge >= 0.3 is 0 Å². The van der Waals surface area contributed by atoms with Crippen molar-refractivity contribution in [3.63, 3.8) is 0 Å². The number of amides is 2. The normalized spacial score (nSPS) is 13.1. The van der Waals surface area contributed by atoms with Gasteiger partial charge in [0.15, 0.2) is 0 Å². The number of nitrogens with zero attached hydrogens (tertiary/aromatic N) is 2.